The number of nitrogens with one attached hydrogen (secondary N) is 1. The highest BCUT2D eigenvalue weighted by Crippen LogP contribution is 2.44. The first-order chi connectivity index (χ1) is 15.6. The van der Waals surface area contributed by atoms with E-state index < -0.39 is 41.9 Å². The van der Waals surface area contributed by atoms with E-state index in [0.717, 1.165) is 22.3 Å². The van der Waals surface area contributed by atoms with Gasteiger partial charge in [-0.15, -0.1) is 0 Å². The van der Waals surface area contributed by atoms with Crippen molar-refractivity contribution < 1.29 is 29.0 Å². The number of benzene rings is 2. The molecule has 8 heteroatoms. The predicted octanol–water partition coefficient (Wildman–Crippen LogP) is 3.35. The summed E-state index contributed by atoms with van der Waals surface area (Å²) < 4.78 is 11.2. The third-order valence-electron chi connectivity index (χ3n) is 6.32. The molecule has 1 fully saturated rings. The number of carbonyl (C=O) groups excluding carboxylic acids is 2. The minimum atomic E-state index is -1.16. The Kier molecular flexibility index (Phi) is 5.88. The molecule has 0 bridgehead atoms. The molecule has 8 nitrogen and oxygen atoms in total. The molecule has 174 valence electrons. The molecule has 33 heavy (non-hydrogen) atoms. The summed E-state index contributed by atoms with van der Waals surface area (Å²) in [6.07, 6.45) is -1.42. The molecule has 2 aromatic carbocycles. The van der Waals surface area contributed by atoms with Gasteiger partial charge in [0.2, 0.25) is 5.91 Å². The minimum Gasteiger partial charge on any atom is -0.480 e. The van der Waals surface area contributed by atoms with Crippen molar-refractivity contribution in [2.45, 2.75) is 57.5 Å². The molecule has 1 aliphatic carbocycles. The summed E-state index contributed by atoms with van der Waals surface area (Å²) in [4.78, 5) is 38.5. The first kappa shape index (κ1) is 22.8. The first-order valence-electron chi connectivity index (χ1n) is 11.0. The Balaban J connectivity index is 1.42. The number of amides is 2. The third-order valence-corrected chi connectivity index (χ3v) is 6.32. The lowest BCUT2D eigenvalue weighted by molar-refractivity contribution is -0.156. The van der Waals surface area contributed by atoms with Crippen LogP contribution in [0, 0.1) is 0 Å². The number of rotatable bonds is 5. The van der Waals surface area contributed by atoms with Gasteiger partial charge < -0.3 is 19.9 Å². The summed E-state index contributed by atoms with van der Waals surface area (Å²) in [5, 5.41) is 12.1. The van der Waals surface area contributed by atoms with Crippen LogP contribution in [0.2, 0.25) is 0 Å². The lowest BCUT2D eigenvalue weighted by atomic mass is 9.98. The van der Waals surface area contributed by atoms with Crippen LogP contribution in [0.4, 0.5) is 4.79 Å². The second-order valence-corrected chi connectivity index (χ2v) is 8.95. The van der Waals surface area contributed by atoms with Gasteiger partial charge in [0.05, 0.1) is 6.10 Å². The molecule has 0 aromatic heterocycles. The molecule has 1 saturated heterocycles. The largest absolute Gasteiger partial charge is 0.480 e. The van der Waals surface area contributed by atoms with Gasteiger partial charge in [-0.2, -0.15) is 0 Å². The van der Waals surface area contributed by atoms with Gasteiger partial charge in [-0.3, -0.25) is 9.69 Å². The van der Waals surface area contributed by atoms with Gasteiger partial charge in [-0.05, 0) is 49.9 Å². The van der Waals surface area contributed by atoms with Crippen LogP contribution >= 0.6 is 0 Å². The highest BCUT2D eigenvalue weighted by atomic mass is 16.6. The van der Waals surface area contributed by atoms with Crippen LogP contribution in [0.5, 0.6) is 0 Å². The maximum Gasteiger partial charge on any atom is 0.407 e. The van der Waals surface area contributed by atoms with E-state index in [1.807, 2.05) is 36.4 Å². The number of aliphatic carboxylic acids is 1. The molecule has 0 unspecified atom stereocenters. The van der Waals surface area contributed by atoms with Gasteiger partial charge in [0.1, 0.15) is 18.4 Å². The number of hydrogen-bond donors (Lipinski definition) is 2. The number of hydrogen-bond acceptors (Lipinski definition) is 5. The van der Waals surface area contributed by atoms with Crippen LogP contribution < -0.4 is 5.32 Å². The van der Waals surface area contributed by atoms with Gasteiger partial charge in [0, 0.05) is 5.92 Å². The fourth-order valence-electron chi connectivity index (χ4n) is 4.92. The third kappa shape index (κ3) is 4.06. The minimum absolute atomic E-state index is 0.0997. The summed E-state index contributed by atoms with van der Waals surface area (Å²) >= 11 is 0. The van der Waals surface area contributed by atoms with Crippen LogP contribution in [-0.2, 0) is 19.1 Å². The maximum atomic E-state index is 13.1. The van der Waals surface area contributed by atoms with E-state index in [9.17, 15) is 19.5 Å². The molecule has 2 aromatic rings. The number of alkyl carbamates (subject to hydrolysis) is 1. The fraction of sp³-hybridized carbons (Fsp3) is 0.400. The summed E-state index contributed by atoms with van der Waals surface area (Å²) in [6.45, 7) is 6.49. The van der Waals surface area contributed by atoms with Gasteiger partial charge in [0.25, 0.3) is 0 Å². The number of carboxylic acid groups (broad SMARTS) is 1. The van der Waals surface area contributed by atoms with Crippen molar-refractivity contribution in [3.63, 3.8) is 0 Å². The fourth-order valence-corrected chi connectivity index (χ4v) is 4.92. The Morgan fingerprint density at radius 2 is 1.64 bits per heavy atom. The molecule has 2 aliphatic rings. The standard InChI is InChI=1S/C25H28N2O6/c1-14(22(28)27-21(23(29)30)15(2)33-25(27,3)4)26-24(31)32-13-20-18-11-7-5-9-16(18)17-10-6-8-12-19(17)20/h5-12,14-15,20-21H,13H2,1-4H3,(H,26,31)(H,29,30)/t14-,15-,21+/m0/s1. The molecule has 0 radical (unpaired) electrons. The summed E-state index contributed by atoms with van der Waals surface area (Å²) in [7, 11) is 0. The summed E-state index contributed by atoms with van der Waals surface area (Å²) in [6, 6.07) is 13.9. The molecule has 3 atom stereocenters. The molecular weight excluding hydrogens is 424 g/mol. The van der Waals surface area contributed by atoms with E-state index in [-0.39, 0.29) is 12.5 Å². The van der Waals surface area contributed by atoms with Crippen molar-refractivity contribution in [1.29, 1.82) is 0 Å². The lowest BCUT2D eigenvalue weighted by Gasteiger charge is -2.34. The maximum absolute atomic E-state index is 13.1. The zero-order chi connectivity index (χ0) is 23.9. The topological polar surface area (TPSA) is 105 Å². The number of nitrogens with zero attached hydrogens (tertiary/aromatic N) is 1. The number of carbonyl (C=O) groups is 3. The molecular formula is C25H28N2O6. The predicted molar refractivity (Wildman–Crippen MR) is 121 cm³/mol. The van der Waals surface area contributed by atoms with E-state index in [2.05, 4.69) is 17.4 Å². The van der Waals surface area contributed by atoms with Gasteiger partial charge >= 0.3 is 12.1 Å². The average molecular weight is 453 g/mol. The number of fused-ring (bicyclic) bond motifs is 3. The van der Waals surface area contributed by atoms with Crippen molar-refractivity contribution in [2.24, 2.45) is 0 Å². The Morgan fingerprint density at radius 1 is 1.09 bits per heavy atom. The van der Waals surface area contributed by atoms with E-state index in [4.69, 9.17) is 9.47 Å². The van der Waals surface area contributed by atoms with Gasteiger partial charge in [0.15, 0.2) is 6.04 Å². The zero-order valence-corrected chi connectivity index (χ0v) is 19.1. The molecule has 2 amide bonds. The van der Waals surface area contributed by atoms with Crippen LogP contribution in [0.25, 0.3) is 11.1 Å². The first-order valence-corrected chi connectivity index (χ1v) is 11.0. The van der Waals surface area contributed by atoms with E-state index in [1.165, 1.54) is 11.8 Å². The van der Waals surface area contributed by atoms with Crippen LogP contribution in [0.15, 0.2) is 48.5 Å². The van der Waals surface area contributed by atoms with Crippen LogP contribution in [0.3, 0.4) is 0 Å². The summed E-state index contributed by atoms with van der Waals surface area (Å²) in [5.74, 6) is -1.81. The van der Waals surface area contributed by atoms with Crippen molar-refractivity contribution in [2.75, 3.05) is 6.61 Å². The van der Waals surface area contributed by atoms with Crippen molar-refractivity contribution in [3.8, 4) is 11.1 Å². The highest BCUT2D eigenvalue weighted by molar-refractivity contribution is 5.90. The average Bonchev–Trinajstić information content (AvgIpc) is 3.21. The second-order valence-electron chi connectivity index (χ2n) is 8.95. The Morgan fingerprint density at radius 3 is 2.18 bits per heavy atom. The van der Waals surface area contributed by atoms with Crippen molar-refractivity contribution in [1.82, 2.24) is 10.2 Å². The van der Waals surface area contributed by atoms with Gasteiger partial charge in [-0.1, -0.05) is 48.5 Å². The highest BCUT2D eigenvalue weighted by Gasteiger charge is 2.52. The zero-order valence-electron chi connectivity index (χ0n) is 19.1. The van der Waals surface area contributed by atoms with E-state index in [0.29, 0.717) is 0 Å². The van der Waals surface area contributed by atoms with Crippen LogP contribution in [0.1, 0.15) is 44.7 Å². The SMILES string of the molecule is C[C@H](NC(=O)OCC1c2ccccc2-c2ccccc21)C(=O)N1[C@@H](C(=O)O)[C@H](C)OC1(C)C. The Bertz CT molecular complexity index is 1050. The molecule has 0 saturated carbocycles. The van der Waals surface area contributed by atoms with Gasteiger partial charge in [-0.25, -0.2) is 9.59 Å². The monoisotopic (exact) mass is 452 g/mol. The van der Waals surface area contributed by atoms with E-state index in [1.54, 1.807) is 20.8 Å². The Hall–Kier alpha value is -3.39. The quantitative estimate of drug-likeness (QED) is 0.721. The second kappa shape index (κ2) is 8.51. The smallest absolute Gasteiger partial charge is 0.407 e. The molecule has 0 spiro atoms. The van der Waals surface area contributed by atoms with Crippen molar-refractivity contribution in [3.05, 3.63) is 59.7 Å². The molecule has 1 heterocycles. The summed E-state index contributed by atoms with van der Waals surface area (Å²) in [5.41, 5.74) is 3.30. The van der Waals surface area contributed by atoms with Crippen LogP contribution in [-0.4, -0.2) is 58.5 Å². The molecule has 2 N–H and O–H groups in total. The van der Waals surface area contributed by atoms with Crippen molar-refractivity contribution >= 4 is 18.0 Å². The normalized spacial score (nSPS) is 21.8. The lowest BCUT2D eigenvalue weighted by Crippen LogP contribution is -2.57. The molecule has 1 aliphatic heterocycles. The van der Waals surface area contributed by atoms with E-state index >= 15 is 0 Å². The number of ether oxygens (including phenoxy) is 2. The Labute approximate surface area is 192 Å². The molecule has 4 rings (SSSR count). The number of carboxylic acids is 1.